The zero-order valence-corrected chi connectivity index (χ0v) is 37.6. The molecule has 0 rings (SSSR count). The van der Waals surface area contributed by atoms with Crippen LogP contribution in [0.4, 0.5) is 0 Å². The van der Waals surface area contributed by atoms with Crippen molar-refractivity contribution in [1.29, 1.82) is 0 Å². The van der Waals surface area contributed by atoms with Gasteiger partial charge in [0, 0.05) is 38.5 Å². The normalized spacial score (nSPS) is 11.1. The maximum Gasteiger partial charge on any atom is 0.306 e. The molecule has 0 aliphatic rings. The first kappa shape index (κ1) is 55.8. The molecule has 13 nitrogen and oxygen atoms in total. The number of nitrogens with one attached hydrogen (secondary N) is 1. The Labute approximate surface area is 356 Å². The molecule has 0 spiro atoms. The molecule has 344 valence electrons. The first-order chi connectivity index (χ1) is 28.6. The van der Waals surface area contributed by atoms with Gasteiger partial charge in [0.2, 0.25) is 0 Å². The Kier molecular flexibility index (Phi) is 39.2. The van der Waals surface area contributed by atoms with Crippen LogP contribution in [0.15, 0.2) is 0 Å². The molecule has 1 N–H and O–H groups in total. The lowest BCUT2D eigenvalue weighted by molar-refractivity contribution is -0.167. The van der Waals surface area contributed by atoms with E-state index in [9.17, 15) is 28.8 Å². The van der Waals surface area contributed by atoms with Gasteiger partial charge >= 0.3 is 35.8 Å². The van der Waals surface area contributed by atoms with Crippen molar-refractivity contribution in [3.05, 3.63) is 0 Å². The lowest BCUT2D eigenvalue weighted by Gasteiger charge is -2.18. The predicted octanol–water partition coefficient (Wildman–Crippen LogP) is 9.57. The summed E-state index contributed by atoms with van der Waals surface area (Å²) in [5, 5.41) is 3.20. The van der Waals surface area contributed by atoms with Gasteiger partial charge in [0.05, 0.1) is 0 Å². The molecule has 0 saturated carbocycles. The van der Waals surface area contributed by atoms with Crippen molar-refractivity contribution in [2.75, 3.05) is 39.5 Å². The molecule has 0 aromatic carbocycles. The van der Waals surface area contributed by atoms with Crippen LogP contribution in [-0.4, -0.2) is 87.5 Å². The quantitative estimate of drug-likeness (QED) is 0.0351. The summed E-state index contributed by atoms with van der Waals surface area (Å²) in [6.07, 6.45) is 20.5. The number of carbonyl (C=O) groups is 6. The van der Waals surface area contributed by atoms with Gasteiger partial charge in [0.15, 0.2) is 12.2 Å². The summed E-state index contributed by atoms with van der Waals surface area (Å²) >= 11 is 0. The highest BCUT2D eigenvalue weighted by Gasteiger charge is 2.21. The Bertz CT molecular complexity index is 942. The zero-order chi connectivity index (χ0) is 43.6. The lowest BCUT2D eigenvalue weighted by atomic mass is 10.1. The number of unbranched alkanes of at least 4 members (excludes halogenated alkanes) is 16. The van der Waals surface area contributed by atoms with Crippen LogP contribution in [0.25, 0.3) is 0 Å². The second kappa shape index (κ2) is 41.5. The van der Waals surface area contributed by atoms with Gasteiger partial charge in [-0.2, -0.15) is 0 Å². The van der Waals surface area contributed by atoms with E-state index in [-0.39, 0.29) is 88.8 Å². The fourth-order valence-electron chi connectivity index (χ4n) is 6.09. The van der Waals surface area contributed by atoms with E-state index in [0.717, 1.165) is 128 Å². The maximum absolute atomic E-state index is 12.7. The molecule has 0 bridgehead atoms. The Morgan fingerprint density at radius 1 is 0.322 bits per heavy atom. The number of rotatable bonds is 42. The molecule has 0 aromatic heterocycles. The van der Waals surface area contributed by atoms with Gasteiger partial charge in [0.1, 0.15) is 26.4 Å². The van der Waals surface area contributed by atoms with Gasteiger partial charge in [-0.3, -0.25) is 28.8 Å². The SMILES string of the molecule is CCCCCCCC(=O)OCC(COC(=O)CCCCCCC)OC(=O)CCCNCCCC(=O)OC(COC(=O)CCCCCCC)COC(=O)CCCCCCC. The summed E-state index contributed by atoms with van der Waals surface area (Å²) in [4.78, 5) is 74.6. The van der Waals surface area contributed by atoms with Crippen molar-refractivity contribution in [2.24, 2.45) is 0 Å². The number of hydrogen-bond acceptors (Lipinski definition) is 13. The highest BCUT2D eigenvalue weighted by molar-refractivity contribution is 5.72. The van der Waals surface area contributed by atoms with Crippen molar-refractivity contribution >= 4 is 35.8 Å². The van der Waals surface area contributed by atoms with Crippen LogP contribution in [0.2, 0.25) is 0 Å². The van der Waals surface area contributed by atoms with Crippen LogP contribution in [0.3, 0.4) is 0 Å². The van der Waals surface area contributed by atoms with E-state index >= 15 is 0 Å². The molecular formula is C46H83NO12. The molecule has 0 fully saturated rings. The average molecular weight is 842 g/mol. The smallest absolute Gasteiger partial charge is 0.306 e. The standard InChI is InChI=1S/C46H83NO12/c1-5-9-13-17-21-27-41(48)54-35-39(36-55-42(49)28-22-18-14-10-6-2)58-45(52)31-25-33-47-34-26-32-46(53)59-40(37-56-43(50)29-23-19-15-11-7-3)38-57-44(51)30-24-20-16-12-8-4/h39-40,47H,5-38H2,1-4H3. The molecule has 0 aliphatic heterocycles. The van der Waals surface area contributed by atoms with Gasteiger partial charge in [-0.15, -0.1) is 0 Å². The Morgan fingerprint density at radius 2 is 0.559 bits per heavy atom. The van der Waals surface area contributed by atoms with Crippen molar-refractivity contribution in [3.63, 3.8) is 0 Å². The Hall–Kier alpha value is -3.22. The first-order valence-corrected chi connectivity index (χ1v) is 23.4. The third-order valence-corrected chi connectivity index (χ3v) is 9.72. The van der Waals surface area contributed by atoms with Crippen molar-refractivity contribution < 1.29 is 57.2 Å². The molecule has 59 heavy (non-hydrogen) atoms. The number of carbonyl (C=O) groups excluding carboxylic acids is 6. The van der Waals surface area contributed by atoms with Crippen LogP contribution in [0.1, 0.15) is 207 Å². The topological polar surface area (TPSA) is 170 Å². The molecule has 13 heteroatoms. The molecular weight excluding hydrogens is 759 g/mol. The number of ether oxygens (including phenoxy) is 6. The molecule has 0 saturated heterocycles. The minimum Gasteiger partial charge on any atom is -0.462 e. The van der Waals surface area contributed by atoms with E-state index in [2.05, 4.69) is 33.0 Å². The van der Waals surface area contributed by atoms with E-state index in [4.69, 9.17) is 28.4 Å². The molecule has 0 heterocycles. The van der Waals surface area contributed by atoms with Gasteiger partial charge < -0.3 is 33.7 Å². The largest absolute Gasteiger partial charge is 0.462 e. The summed E-state index contributed by atoms with van der Waals surface area (Å²) in [5.74, 6) is -2.46. The van der Waals surface area contributed by atoms with Crippen LogP contribution < -0.4 is 5.32 Å². The van der Waals surface area contributed by atoms with Crippen LogP contribution in [0.5, 0.6) is 0 Å². The summed E-state index contributed by atoms with van der Waals surface area (Å²) in [6.45, 7) is 8.78. The summed E-state index contributed by atoms with van der Waals surface area (Å²) in [6, 6.07) is 0. The van der Waals surface area contributed by atoms with Gasteiger partial charge in [0.25, 0.3) is 0 Å². The summed E-state index contributed by atoms with van der Waals surface area (Å²) < 4.78 is 32.6. The highest BCUT2D eigenvalue weighted by atomic mass is 16.6. The molecule has 0 aromatic rings. The van der Waals surface area contributed by atoms with Gasteiger partial charge in [-0.25, -0.2) is 0 Å². The second-order valence-corrected chi connectivity index (χ2v) is 15.6. The van der Waals surface area contributed by atoms with E-state index in [1.165, 1.54) is 0 Å². The first-order valence-electron chi connectivity index (χ1n) is 23.4. The fourth-order valence-corrected chi connectivity index (χ4v) is 6.09. The fraction of sp³-hybridized carbons (Fsp3) is 0.870. The number of esters is 6. The van der Waals surface area contributed by atoms with Crippen LogP contribution in [-0.2, 0) is 57.2 Å². The number of hydrogen-bond donors (Lipinski definition) is 1. The Morgan fingerprint density at radius 3 is 0.814 bits per heavy atom. The van der Waals surface area contributed by atoms with E-state index < -0.39 is 24.1 Å². The molecule has 0 radical (unpaired) electrons. The summed E-state index contributed by atoms with van der Waals surface area (Å²) in [5.41, 5.74) is 0. The average Bonchev–Trinajstić information content (AvgIpc) is 3.22. The lowest BCUT2D eigenvalue weighted by Crippen LogP contribution is -2.31. The third-order valence-electron chi connectivity index (χ3n) is 9.72. The maximum atomic E-state index is 12.7. The zero-order valence-electron chi connectivity index (χ0n) is 37.6. The van der Waals surface area contributed by atoms with E-state index in [1.807, 2.05) is 0 Å². The minimum atomic E-state index is -0.892. The molecule has 0 aliphatic carbocycles. The second-order valence-electron chi connectivity index (χ2n) is 15.6. The van der Waals surface area contributed by atoms with E-state index in [0.29, 0.717) is 25.9 Å². The third kappa shape index (κ3) is 38.7. The van der Waals surface area contributed by atoms with Crippen molar-refractivity contribution in [1.82, 2.24) is 5.32 Å². The van der Waals surface area contributed by atoms with E-state index in [1.54, 1.807) is 0 Å². The van der Waals surface area contributed by atoms with Crippen LogP contribution >= 0.6 is 0 Å². The van der Waals surface area contributed by atoms with Crippen molar-refractivity contribution in [3.8, 4) is 0 Å². The molecule has 0 unspecified atom stereocenters. The molecule has 0 amide bonds. The van der Waals surface area contributed by atoms with Crippen molar-refractivity contribution in [2.45, 2.75) is 220 Å². The van der Waals surface area contributed by atoms with Crippen LogP contribution in [0, 0.1) is 0 Å². The Balaban J connectivity index is 4.72. The predicted molar refractivity (Wildman–Crippen MR) is 228 cm³/mol. The minimum absolute atomic E-state index is 0.0961. The monoisotopic (exact) mass is 842 g/mol. The van der Waals surface area contributed by atoms with Gasteiger partial charge in [-0.1, -0.05) is 130 Å². The van der Waals surface area contributed by atoms with Gasteiger partial charge in [-0.05, 0) is 51.6 Å². The summed E-state index contributed by atoms with van der Waals surface area (Å²) in [7, 11) is 0. The highest BCUT2D eigenvalue weighted by Crippen LogP contribution is 2.11. The molecule has 0 atom stereocenters.